The van der Waals surface area contributed by atoms with Crippen molar-refractivity contribution in [3.63, 3.8) is 0 Å². The van der Waals surface area contributed by atoms with Crippen LogP contribution in [0.5, 0.6) is 0 Å². The molecule has 6 heteroatoms. The summed E-state index contributed by atoms with van der Waals surface area (Å²) in [5.41, 5.74) is 1.26. The van der Waals surface area contributed by atoms with E-state index in [1.807, 2.05) is 24.3 Å². The highest BCUT2D eigenvalue weighted by Crippen LogP contribution is 2.30. The Kier molecular flexibility index (Phi) is 5.20. The van der Waals surface area contributed by atoms with Crippen LogP contribution in [0.1, 0.15) is 28.9 Å². The molecule has 1 heterocycles. The molecular formula is C19H21NO4S. The van der Waals surface area contributed by atoms with E-state index in [4.69, 9.17) is 0 Å². The maximum atomic E-state index is 12.6. The summed E-state index contributed by atoms with van der Waals surface area (Å²) in [4.78, 5) is 14.0. The van der Waals surface area contributed by atoms with Gasteiger partial charge in [-0.25, -0.2) is 8.42 Å². The Bertz CT molecular complexity index is 821. The molecule has 2 aromatic carbocycles. The van der Waals surface area contributed by atoms with Crippen molar-refractivity contribution >= 4 is 15.7 Å². The van der Waals surface area contributed by atoms with E-state index in [1.54, 1.807) is 36.4 Å². The van der Waals surface area contributed by atoms with Crippen molar-refractivity contribution in [2.45, 2.75) is 17.8 Å². The highest BCUT2D eigenvalue weighted by molar-refractivity contribution is 7.91. The van der Waals surface area contributed by atoms with Crippen molar-refractivity contribution in [3.8, 4) is 0 Å². The zero-order valence-corrected chi connectivity index (χ0v) is 14.6. The Morgan fingerprint density at radius 2 is 1.60 bits per heavy atom. The van der Waals surface area contributed by atoms with Crippen LogP contribution in [0.3, 0.4) is 0 Å². The highest BCUT2D eigenvalue weighted by Gasteiger charge is 2.34. The van der Waals surface area contributed by atoms with E-state index in [-0.39, 0.29) is 12.3 Å². The van der Waals surface area contributed by atoms with Crippen LogP contribution in [0.15, 0.2) is 60.7 Å². The molecule has 1 fully saturated rings. The summed E-state index contributed by atoms with van der Waals surface area (Å²) in [6.07, 6.45) is -0.934. The number of hydrogen-bond donors (Lipinski definition) is 1. The highest BCUT2D eigenvalue weighted by atomic mass is 32.2. The normalized spacial score (nSPS) is 21.3. The molecule has 5 nitrogen and oxygen atoms in total. The quantitative estimate of drug-likeness (QED) is 0.911. The van der Waals surface area contributed by atoms with Gasteiger partial charge in [0.2, 0.25) is 0 Å². The second kappa shape index (κ2) is 7.37. The minimum atomic E-state index is -3.35. The van der Waals surface area contributed by atoms with Crippen LogP contribution in [0, 0.1) is 0 Å². The summed E-state index contributed by atoms with van der Waals surface area (Å²) in [6, 6.07) is 17.8. The minimum absolute atomic E-state index is 0.0974. The van der Waals surface area contributed by atoms with Gasteiger partial charge in [-0.2, -0.15) is 0 Å². The molecule has 1 amide bonds. The Labute approximate surface area is 147 Å². The van der Waals surface area contributed by atoms with Gasteiger partial charge in [-0.15, -0.1) is 0 Å². The number of carbonyl (C=O) groups is 1. The lowest BCUT2D eigenvalue weighted by atomic mass is 10.1. The van der Waals surface area contributed by atoms with Crippen LogP contribution in [0.4, 0.5) is 0 Å². The molecule has 2 aromatic rings. The van der Waals surface area contributed by atoms with Gasteiger partial charge in [-0.1, -0.05) is 60.7 Å². The maximum Gasteiger partial charge on any atom is 0.256 e. The molecule has 1 aliphatic rings. The van der Waals surface area contributed by atoms with Gasteiger partial charge in [-0.05, 0) is 17.5 Å². The molecule has 1 N–H and O–H groups in total. The zero-order chi connectivity index (χ0) is 17.9. The topological polar surface area (TPSA) is 74.7 Å². The monoisotopic (exact) mass is 359 g/mol. The number of carbonyl (C=O) groups excluding carboxylic acids is 1. The van der Waals surface area contributed by atoms with Gasteiger partial charge in [0, 0.05) is 13.1 Å². The molecule has 0 saturated carbocycles. The molecule has 132 valence electrons. The third kappa shape index (κ3) is 3.91. The van der Waals surface area contributed by atoms with Crippen LogP contribution >= 0.6 is 0 Å². The fraction of sp³-hybridized carbons (Fsp3) is 0.316. The Hall–Kier alpha value is -2.18. The predicted molar refractivity (Wildman–Crippen MR) is 95.6 cm³/mol. The standard InChI is InChI=1S/C19H21NO4S/c21-18(16-9-5-2-6-10-16)19(22)20-12-11-17(25(23,24)14-13-20)15-7-3-1-4-8-15/h1-10,17-18,21H,11-14H2. The van der Waals surface area contributed by atoms with Crippen molar-refractivity contribution in [2.24, 2.45) is 0 Å². The largest absolute Gasteiger partial charge is 0.378 e. The van der Waals surface area contributed by atoms with Gasteiger partial charge in [0.05, 0.1) is 11.0 Å². The summed E-state index contributed by atoms with van der Waals surface area (Å²) >= 11 is 0. The minimum Gasteiger partial charge on any atom is -0.378 e. The van der Waals surface area contributed by atoms with E-state index >= 15 is 0 Å². The lowest BCUT2D eigenvalue weighted by Gasteiger charge is -2.23. The van der Waals surface area contributed by atoms with Crippen LogP contribution in [0.2, 0.25) is 0 Å². The maximum absolute atomic E-state index is 12.6. The number of benzene rings is 2. The number of hydrogen-bond acceptors (Lipinski definition) is 4. The summed E-state index contributed by atoms with van der Waals surface area (Å²) < 4.78 is 25.2. The first-order valence-corrected chi connectivity index (χ1v) is 9.99. The Balaban J connectivity index is 1.77. The first-order chi connectivity index (χ1) is 12.0. The summed E-state index contributed by atoms with van der Waals surface area (Å²) in [6.45, 7) is 0.413. The van der Waals surface area contributed by atoms with Crippen LogP contribution in [-0.4, -0.2) is 43.2 Å². The number of nitrogens with zero attached hydrogens (tertiary/aromatic N) is 1. The van der Waals surface area contributed by atoms with E-state index in [1.165, 1.54) is 4.90 Å². The summed E-state index contributed by atoms with van der Waals surface area (Å²) in [5.74, 6) is -0.546. The van der Waals surface area contributed by atoms with Crippen LogP contribution in [-0.2, 0) is 14.6 Å². The van der Waals surface area contributed by atoms with Crippen molar-refractivity contribution in [3.05, 3.63) is 71.8 Å². The van der Waals surface area contributed by atoms with E-state index in [0.29, 0.717) is 18.5 Å². The molecule has 1 saturated heterocycles. The van der Waals surface area contributed by atoms with E-state index in [2.05, 4.69) is 0 Å². The van der Waals surface area contributed by atoms with Crippen molar-refractivity contribution < 1.29 is 18.3 Å². The van der Waals surface area contributed by atoms with Gasteiger partial charge in [-0.3, -0.25) is 4.79 Å². The average Bonchev–Trinajstić information content (AvgIpc) is 2.80. The van der Waals surface area contributed by atoms with E-state index < -0.39 is 27.1 Å². The molecule has 25 heavy (non-hydrogen) atoms. The Morgan fingerprint density at radius 1 is 1.00 bits per heavy atom. The number of amides is 1. The number of rotatable bonds is 3. The third-order valence-corrected chi connectivity index (χ3v) is 6.70. The molecule has 0 aromatic heterocycles. The first-order valence-electron chi connectivity index (χ1n) is 8.27. The molecule has 0 spiro atoms. The summed E-state index contributed by atoms with van der Waals surface area (Å²) in [5, 5.41) is 9.69. The van der Waals surface area contributed by atoms with Crippen LogP contribution in [0.25, 0.3) is 0 Å². The van der Waals surface area contributed by atoms with E-state index in [0.717, 1.165) is 5.56 Å². The first kappa shape index (κ1) is 17.6. The second-order valence-electron chi connectivity index (χ2n) is 6.19. The Morgan fingerprint density at radius 3 is 2.24 bits per heavy atom. The van der Waals surface area contributed by atoms with Gasteiger partial charge < -0.3 is 10.0 Å². The summed E-state index contributed by atoms with van der Waals surface area (Å²) in [7, 11) is -3.35. The number of aliphatic hydroxyl groups excluding tert-OH is 1. The third-order valence-electron chi connectivity index (χ3n) is 4.57. The molecule has 1 aliphatic heterocycles. The molecular weight excluding hydrogens is 338 g/mol. The molecule has 2 unspecified atom stereocenters. The molecule has 0 aliphatic carbocycles. The van der Waals surface area contributed by atoms with Crippen molar-refractivity contribution in [1.29, 1.82) is 0 Å². The van der Waals surface area contributed by atoms with E-state index in [9.17, 15) is 18.3 Å². The molecule has 0 bridgehead atoms. The number of aliphatic hydroxyl groups is 1. The number of sulfone groups is 1. The fourth-order valence-electron chi connectivity index (χ4n) is 3.16. The fourth-order valence-corrected chi connectivity index (χ4v) is 4.95. The van der Waals surface area contributed by atoms with Gasteiger partial charge in [0.1, 0.15) is 0 Å². The molecule has 3 rings (SSSR count). The predicted octanol–water partition coefficient (Wildman–Crippen LogP) is 2.11. The molecule has 0 radical (unpaired) electrons. The zero-order valence-electron chi connectivity index (χ0n) is 13.8. The lowest BCUT2D eigenvalue weighted by molar-refractivity contribution is -0.140. The lowest BCUT2D eigenvalue weighted by Crippen LogP contribution is -2.37. The second-order valence-corrected chi connectivity index (χ2v) is 8.50. The van der Waals surface area contributed by atoms with Crippen LogP contribution < -0.4 is 0 Å². The molecule has 2 atom stereocenters. The van der Waals surface area contributed by atoms with Crippen molar-refractivity contribution in [2.75, 3.05) is 18.8 Å². The SMILES string of the molecule is O=C(C(O)c1ccccc1)N1CCC(c2ccccc2)S(=O)(=O)CC1. The van der Waals surface area contributed by atoms with Gasteiger partial charge in [0.15, 0.2) is 15.9 Å². The van der Waals surface area contributed by atoms with Gasteiger partial charge in [0.25, 0.3) is 5.91 Å². The van der Waals surface area contributed by atoms with Crippen molar-refractivity contribution in [1.82, 2.24) is 4.90 Å². The van der Waals surface area contributed by atoms with Gasteiger partial charge >= 0.3 is 0 Å². The smallest absolute Gasteiger partial charge is 0.256 e. The average molecular weight is 359 g/mol.